The molecule has 0 spiro atoms. The molecular formula is C12H27NO11. The van der Waals surface area contributed by atoms with E-state index in [4.69, 9.17) is 49.4 Å². The molecule has 0 aromatic carbocycles. The summed E-state index contributed by atoms with van der Waals surface area (Å²) in [5, 5.41) is 37.8. The van der Waals surface area contributed by atoms with Crippen molar-refractivity contribution in [1.82, 2.24) is 0 Å². The average Bonchev–Trinajstić information content (AvgIpc) is 2.32. The van der Waals surface area contributed by atoms with Crippen LogP contribution in [0.15, 0.2) is 0 Å². The summed E-state index contributed by atoms with van der Waals surface area (Å²) in [4.78, 5) is 40.2. The Labute approximate surface area is 139 Å². The zero-order valence-corrected chi connectivity index (χ0v) is 14.1. The van der Waals surface area contributed by atoms with Gasteiger partial charge in [0.25, 0.3) is 23.9 Å². The van der Waals surface area contributed by atoms with Gasteiger partial charge in [-0.15, -0.1) is 0 Å². The van der Waals surface area contributed by atoms with E-state index in [0.717, 1.165) is 27.7 Å². The third kappa shape index (κ3) is 934. The largest absolute Gasteiger partial charge is 0.481 e. The number of carbonyl (C=O) groups is 4. The molecule has 146 valence electrons. The van der Waals surface area contributed by atoms with Gasteiger partial charge in [-0.05, 0) is 0 Å². The Morgan fingerprint density at radius 3 is 1.12 bits per heavy atom. The van der Waals surface area contributed by atoms with Crippen molar-refractivity contribution in [1.29, 1.82) is 0 Å². The quantitative estimate of drug-likeness (QED) is 0.263. The predicted molar refractivity (Wildman–Crippen MR) is 81.3 cm³/mol. The zero-order valence-electron chi connectivity index (χ0n) is 14.1. The fourth-order valence-electron chi connectivity index (χ4n) is 0.274. The molecule has 12 nitrogen and oxygen atoms in total. The highest BCUT2D eigenvalue weighted by Gasteiger charge is 1.82. The van der Waals surface area contributed by atoms with Crippen LogP contribution in [0.5, 0.6) is 0 Å². The molecule has 24 heavy (non-hydrogen) atoms. The van der Waals surface area contributed by atoms with Crippen LogP contribution in [0, 0.1) is 0 Å². The number of carboxylic acids is 4. The first kappa shape index (κ1) is 33.4. The fourth-order valence-corrected chi connectivity index (χ4v) is 0.274. The summed E-state index contributed by atoms with van der Waals surface area (Å²) in [6.07, 6.45) is 0. The highest BCUT2D eigenvalue weighted by Crippen LogP contribution is 1.71. The average molecular weight is 361 g/mol. The monoisotopic (exact) mass is 361 g/mol. The summed E-state index contributed by atoms with van der Waals surface area (Å²) in [6, 6.07) is 0. The van der Waals surface area contributed by atoms with Crippen molar-refractivity contribution in [3.8, 4) is 0 Å². The van der Waals surface area contributed by atoms with Crippen LogP contribution < -0.4 is 5.90 Å². The van der Waals surface area contributed by atoms with Crippen molar-refractivity contribution in [3.05, 3.63) is 0 Å². The zero-order chi connectivity index (χ0) is 20.6. The lowest BCUT2D eigenvalue weighted by Crippen LogP contribution is -2.09. The molecule has 12 heteroatoms. The van der Waals surface area contributed by atoms with Crippen molar-refractivity contribution >= 4 is 23.9 Å². The maximum atomic E-state index is 9.00. The minimum absolute atomic E-state index is 0.0462. The Morgan fingerprint density at radius 1 is 0.708 bits per heavy atom. The van der Waals surface area contributed by atoms with E-state index in [9.17, 15) is 0 Å². The number of ether oxygens (including phenoxy) is 1. The van der Waals surface area contributed by atoms with Crippen molar-refractivity contribution in [2.24, 2.45) is 5.90 Å². The standard InChI is InChI=1S/C4H11NO3.4C2H4O2/c5-8-4-3-7-2-1-6;4*1-2(3)4/h6H,1-5H2;4*1H3,(H,3,4). The Balaban J connectivity index is -0.0000000657. The van der Waals surface area contributed by atoms with Crippen molar-refractivity contribution in [2.45, 2.75) is 27.7 Å². The van der Waals surface area contributed by atoms with Crippen LogP contribution in [0.4, 0.5) is 0 Å². The van der Waals surface area contributed by atoms with E-state index in [1.807, 2.05) is 0 Å². The lowest BCUT2D eigenvalue weighted by molar-refractivity contribution is -0.135. The normalized spacial score (nSPS) is 7.42. The van der Waals surface area contributed by atoms with Gasteiger partial charge in [0.15, 0.2) is 0 Å². The minimum atomic E-state index is -0.833. The molecule has 0 atom stereocenters. The molecule has 0 aromatic heterocycles. The molecule has 0 aromatic rings. The van der Waals surface area contributed by atoms with Crippen LogP contribution in [0.25, 0.3) is 0 Å². The maximum absolute atomic E-state index is 9.00. The third-order valence-electron chi connectivity index (χ3n) is 0.581. The number of carboxylic acid groups (broad SMARTS) is 4. The summed E-state index contributed by atoms with van der Waals surface area (Å²) in [5.74, 6) is 1.33. The second-order valence-electron chi connectivity index (χ2n) is 3.28. The molecule has 0 bridgehead atoms. The molecule has 0 aliphatic rings. The van der Waals surface area contributed by atoms with E-state index < -0.39 is 23.9 Å². The van der Waals surface area contributed by atoms with Crippen LogP contribution in [0.1, 0.15) is 27.7 Å². The van der Waals surface area contributed by atoms with Crippen LogP contribution >= 0.6 is 0 Å². The predicted octanol–water partition coefficient (Wildman–Crippen LogP) is -0.751. The maximum Gasteiger partial charge on any atom is 0.300 e. The Bertz CT molecular complexity index is 237. The molecule has 7 N–H and O–H groups in total. The summed E-state index contributed by atoms with van der Waals surface area (Å²) < 4.78 is 4.77. The SMILES string of the molecule is CC(=O)O.CC(=O)O.CC(=O)O.CC(=O)O.NOCCOCCO. The molecule has 0 aliphatic carbocycles. The molecule has 0 fully saturated rings. The summed E-state index contributed by atoms with van der Waals surface area (Å²) >= 11 is 0. The first-order chi connectivity index (χ1) is 10.8. The molecule has 0 radical (unpaired) electrons. The molecule has 0 saturated heterocycles. The number of nitrogens with two attached hydrogens (primary N) is 1. The van der Waals surface area contributed by atoms with Crippen molar-refractivity contribution in [2.75, 3.05) is 26.4 Å². The van der Waals surface area contributed by atoms with Crippen molar-refractivity contribution < 1.29 is 54.3 Å². The number of aliphatic carboxylic acids is 4. The van der Waals surface area contributed by atoms with Gasteiger partial charge in [0.2, 0.25) is 0 Å². The highest BCUT2D eigenvalue weighted by molar-refractivity contribution is 5.63. The van der Waals surface area contributed by atoms with Gasteiger partial charge in [-0.25, -0.2) is 5.90 Å². The van der Waals surface area contributed by atoms with Crippen molar-refractivity contribution in [3.63, 3.8) is 0 Å². The van der Waals surface area contributed by atoms with E-state index >= 15 is 0 Å². The first-order valence-corrected chi connectivity index (χ1v) is 6.13. The van der Waals surface area contributed by atoms with Crippen LogP contribution in [0.2, 0.25) is 0 Å². The summed E-state index contributed by atoms with van der Waals surface area (Å²) in [6.45, 7) is 5.55. The van der Waals surface area contributed by atoms with E-state index in [-0.39, 0.29) is 6.61 Å². The number of aliphatic hydroxyl groups excluding tert-OH is 1. The Hall–Kier alpha value is -2.28. The Morgan fingerprint density at radius 2 is 0.958 bits per heavy atom. The number of aliphatic hydroxyl groups is 1. The fraction of sp³-hybridized carbons (Fsp3) is 0.667. The third-order valence-corrected chi connectivity index (χ3v) is 0.581. The topological polar surface area (TPSA) is 214 Å². The van der Waals surface area contributed by atoms with Crippen LogP contribution in [0.3, 0.4) is 0 Å². The van der Waals surface area contributed by atoms with E-state index in [1.165, 1.54) is 0 Å². The lowest BCUT2D eigenvalue weighted by atomic mass is 10.7. The molecule has 0 heterocycles. The molecule has 0 unspecified atom stereocenters. The molecule has 0 saturated carbocycles. The van der Waals surface area contributed by atoms with Gasteiger partial charge in [0.05, 0.1) is 26.4 Å². The summed E-state index contributed by atoms with van der Waals surface area (Å²) in [7, 11) is 0. The van der Waals surface area contributed by atoms with Gasteiger partial charge >= 0.3 is 0 Å². The number of rotatable bonds is 5. The van der Waals surface area contributed by atoms with E-state index in [2.05, 4.69) is 10.7 Å². The number of hydrogen-bond donors (Lipinski definition) is 6. The van der Waals surface area contributed by atoms with Gasteiger partial charge in [0.1, 0.15) is 0 Å². The lowest BCUT2D eigenvalue weighted by Gasteiger charge is -1.97. The van der Waals surface area contributed by atoms with Crippen LogP contribution in [-0.2, 0) is 28.8 Å². The van der Waals surface area contributed by atoms with Gasteiger partial charge in [-0.3, -0.25) is 19.2 Å². The van der Waals surface area contributed by atoms with Gasteiger partial charge in [-0.2, -0.15) is 0 Å². The van der Waals surface area contributed by atoms with Crippen LogP contribution in [-0.4, -0.2) is 75.8 Å². The first-order valence-electron chi connectivity index (χ1n) is 6.13. The minimum Gasteiger partial charge on any atom is -0.481 e. The molecule has 0 rings (SSSR count). The van der Waals surface area contributed by atoms with Gasteiger partial charge in [0, 0.05) is 27.7 Å². The smallest absolute Gasteiger partial charge is 0.300 e. The number of hydrogen-bond acceptors (Lipinski definition) is 8. The van der Waals surface area contributed by atoms with Gasteiger partial charge in [-0.1, -0.05) is 0 Å². The second kappa shape index (κ2) is 32.6. The Kier molecular flexibility index (Phi) is 45.3. The molecular weight excluding hydrogens is 334 g/mol. The van der Waals surface area contributed by atoms with Gasteiger partial charge < -0.3 is 35.1 Å². The molecule has 0 amide bonds. The second-order valence-corrected chi connectivity index (χ2v) is 3.28. The van der Waals surface area contributed by atoms with E-state index in [1.54, 1.807) is 0 Å². The highest BCUT2D eigenvalue weighted by atomic mass is 16.6. The van der Waals surface area contributed by atoms with E-state index in [0.29, 0.717) is 19.8 Å². The summed E-state index contributed by atoms with van der Waals surface area (Å²) in [5.41, 5.74) is 0. The molecule has 0 aliphatic heterocycles.